The Morgan fingerprint density at radius 3 is 2.89 bits per heavy atom. The van der Waals surface area contributed by atoms with Crippen LogP contribution < -0.4 is 0 Å². The van der Waals surface area contributed by atoms with Crippen LogP contribution in [0.5, 0.6) is 0 Å². The van der Waals surface area contributed by atoms with E-state index in [1.54, 1.807) is 15.7 Å². The fraction of sp³-hybridized carbons (Fsp3) is 0.571. The fourth-order valence-corrected chi connectivity index (χ4v) is 2.82. The third-order valence-electron chi connectivity index (χ3n) is 3.33. The van der Waals surface area contributed by atoms with Gasteiger partial charge in [0.2, 0.25) is 0 Å². The number of nitriles is 1. The minimum atomic E-state index is -0.0599. The first kappa shape index (κ1) is 14.0. The molecule has 1 aromatic rings. The highest BCUT2D eigenvalue weighted by atomic mass is 32.1. The van der Waals surface area contributed by atoms with E-state index in [-0.39, 0.29) is 17.4 Å². The highest BCUT2D eigenvalue weighted by Crippen LogP contribution is 2.26. The number of thiophene rings is 1. The first-order chi connectivity index (χ1) is 8.93. The van der Waals surface area contributed by atoms with E-state index in [9.17, 15) is 4.79 Å². The van der Waals surface area contributed by atoms with E-state index in [2.05, 4.69) is 26.8 Å². The predicted molar refractivity (Wildman–Crippen MR) is 74.1 cm³/mol. The van der Waals surface area contributed by atoms with Crippen LogP contribution in [-0.2, 0) is 4.74 Å². The molecule has 0 saturated carbocycles. The molecule has 0 spiro atoms. The third-order valence-corrected chi connectivity index (χ3v) is 4.08. The second-order valence-electron chi connectivity index (χ2n) is 5.79. The van der Waals surface area contributed by atoms with Crippen molar-refractivity contribution in [3.05, 3.63) is 21.9 Å². The summed E-state index contributed by atoms with van der Waals surface area (Å²) in [6.45, 7) is 8.06. The second kappa shape index (κ2) is 5.32. The van der Waals surface area contributed by atoms with Crippen LogP contribution in [0, 0.1) is 16.7 Å². The number of hydrogen-bond donors (Lipinski definition) is 0. The average Bonchev–Trinajstić information content (AvgIpc) is 2.85. The summed E-state index contributed by atoms with van der Waals surface area (Å²) >= 11 is 1.39. The van der Waals surface area contributed by atoms with Crippen LogP contribution in [-0.4, -0.2) is 36.6 Å². The molecule has 0 aliphatic carbocycles. The van der Waals surface area contributed by atoms with E-state index in [0.717, 1.165) is 0 Å². The first-order valence-electron chi connectivity index (χ1n) is 6.30. The number of ether oxygens (including phenoxy) is 1. The summed E-state index contributed by atoms with van der Waals surface area (Å²) in [5.41, 5.74) is 0.988. The number of carbonyl (C=O) groups excluding carboxylic acids is 1. The minimum Gasteiger partial charge on any atom is -0.374 e. The summed E-state index contributed by atoms with van der Waals surface area (Å²) in [7, 11) is 0. The van der Waals surface area contributed by atoms with Crippen LogP contribution in [0.2, 0.25) is 0 Å². The Morgan fingerprint density at radius 1 is 1.53 bits per heavy atom. The molecule has 1 fully saturated rings. The summed E-state index contributed by atoms with van der Waals surface area (Å²) in [6, 6.07) is 2.07. The van der Waals surface area contributed by atoms with Crippen molar-refractivity contribution in [1.82, 2.24) is 4.90 Å². The van der Waals surface area contributed by atoms with Crippen molar-refractivity contribution >= 4 is 17.2 Å². The van der Waals surface area contributed by atoms with Crippen LogP contribution in [0.1, 0.15) is 36.7 Å². The molecule has 1 aliphatic rings. The quantitative estimate of drug-likeness (QED) is 0.793. The van der Waals surface area contributed by atoms with Crippen molar-refractivity contribution in [1.29, 1.82) is 5.26 Å². The van der Waals surface area contributed by atoms with Crippen LogP contribution in [0.4, 0.5) is 0 Å². The van der Waals surface area contributed by atoms with E-state index < -0.39 is 0 Å². The topological polar surface area (TPSA) is 53.3 Å². The summed E-state index contributed by atoms with van der Waals surface area (Å²) in [5, 5.41) is 12.5. The van der Waals surface area contributed by atoms with Gasteiger partial charge in [0.1, 0.15) is 6.07 Å². The zero-order valence-electron chi connectivity index (χ0n) is 11.5. The molecule has 2 rings (SSSR count). The Bertz CT molecular complexity index is 510. The zero-order valence-corrected chi connectivity index (χ0v) is 12.3. The van der Waals surface area contributed by atoms with E-state index in [4.69, 9.17) is 10.00 Å². The molecule has 1 amide bonds. The Kier molecular flexibility index (Phi) is 3.93. The molecule has 1 aliphatic heterocycles. The lowest BCUT2D eigenvalue weighted by Crippen LogP contribution is -2.50. The maximum absolute atomic E-state index is 12.4. The summed E-state index contributed by atoms with van der Waals surface area (Å²) in [5.74, 6) is -0.0599. The molecule has 0 aromatic carbocycles. The minimum absolute atomic E-state index is 0.00561. The number of nitrogens with zero attached hydrogens (tertiary/aromatic N) is 2. The van der Waals surface area contributed by atoms with Crippen molar-refractivity contribution in [2.45, 2.75) is 26.9 Å². The normalized spacial score (nSPS) is 20.1. The van der Waals surface area contributed by atoms with Crippen molar-refractivity contribution in [3.63, 3.8) is 0 Å². The lowest BCUT2D eigenvalue weighted by Gasteiger charge is -2.39. The standard InChI is InChI=1S/C14H18N2O2S/c1-14(2,3)12-7-16(4-5-18-12)13(17)11-9-19-8-10(11)6-15/h8-9,12H,4-5,7H2,1-3H3/t12-/m0/s1. The Labute approximate surface area is 117 Å². The number of rotatable bonds is 1. The van der Waals surface area contributed by atoms with Gasteiger partial charge < -0.3 is 9.64 Å². The monoisotopic (exact) mass is 278 g/mol. The molecule has 5 heteroatoms. The lowest BCUT2D eigenvalue weighted by atomic mass is 9.88. The van der Waals surface area contributed by atoms with Gasteiger partial charge in [-0.1, -0.05) is 20.8 Å². The fourth-order valence-electron chi connectivity index (χ4n) is 2.08. The Morgan fingerprint density at radius 2 is 2.26 bits per heavy atom. The SMILES string of the molecule is CC(C)(C)[C@@H]1CN(C(=O)c2cscc2C#N)CCO1. The molecular weight excluding hydrogens is 260 g/mol. The van der Waals surface area contributed by atoms with Gasteiger partial charge in [-0.2, -0.15) is 16.6 Å². The Balaban J connectivity index is 2.14. The molecular formula is C14H18N2O2S. The molecule has 1 saturated heterocycles. The lowest BCUT2D eigenvalue weighted by molar-refractivity contribution is -0.0706. The van der Waals surface area contributed by atoms with Crippen molar-refractivity contribution < 1.29 is 9.53 Å². The molecule has 4 nitrogen and oxygen atoms in total. The van der Waals surface area contributed by atoms with Gasteiger partial charge >= 0.3 is 0 Å². The number of carbonyl (C=O) groups is 1. The van der Waals surface area contributed by atoms with Crippen molar-refractivity contribution in [2.75, 3.05) is 19.7 Å². The van der Waals surface area contributed by atoms with Gasteiger partial charge in [-0.3, -0.25) is 4.79 Å². The summed E-state index contributed by atoms with van der Waals surface area (Å²) in [6.07, 6.45) is 0.0365. The van der Waals surface area contributed by atoms with Crippen LogP contribution in [0.15, 0.2) is 10.8 Å². The summed E-state index contributed by atoms with van der Waals surface area (Å²) in [4.78, 5) is 14.2. The van der Waals surface area contributed by atoms with E-state index in [1.807, 2.05) is 0 Å². The van der Waals surface area contributed by atoms with E-state index in [1.165, 1.54) is 11.3 Å². The predicted octanol–water partition coefficient (Wildman–Crippen LogP) is 2.51. The molecule has 0 bridgehead atoms. The molecule has 0 radical (unpaired) electrons. The number of morpholine rings is 1. The number of amides is 1. The molecule has 0 unspecified atom stereocenters. The highest BCUT2D eigenvalue weighted by Gasteiger charge is 2.33. The molecule has 19 heavy (non-hydrogen) atoms. The van der Waals surface area contributed by atoms with Crippen LogP contribution >= 0.6 is 11.3 Å². The average molecular weight is 278 g/mol. The van der Waals surface area contributed by atoms with Gasteiger partial charge in [0.05, 0.1) is 23.8 Å². The van der Waals surface area contributed by atoms with Crippen LogP contribution in [0.25, 0.3) is 0 Å². The van der Waals surface area contributed by atoms with E-state index in [0.29, 0.717) is 30.8 Å². The van der Waals surface area contributed by atoms with Crippen molar-refractivity contribution in [2.24, 2.45) is 5.41 Å². The van der Waals surface area contributed by atoms with Crippen molar-refractivity contribution in [3.8, 4) is 6.07 Å². The van der Waals surface area contributed by atoms with E-state index >= 15 is 0 Å². The smallest absolute Gasteiger partial charge is 0.256 e. The number of hydrogen-bond acceptors (Lipinski definition) is 4. The molecule has 0 N–H and O–H groups in total. The second-order valence-corrected chi connectivity index (χ2v) is 6.53. The van der Waals surface area contributed by atoms with Gasteiger partial charge in [-0.25, -0.2) is 0 Å². The largest absolute Gasteiger partial charge is 0.374 e. The van der Waals surface area contributed by atoms with Gasteiger partial charge in [0.25, 0.3) is 5.91 Å². The maximum atomic E-state index is 12.4. The Hall–Kier alpha value is -1.38. The zero-order chi connectivity index (χ0) is 14.0. The van der Waals surface area contributed by atoms with Gasteiger partial charge in [0, 0.05) is 23.8 Å². The summed E-state index contributed by atoms with van der Waals surface area (Å²) < 4.78 is 5.74. The highest BCUT2D eigenvalue weighted by molar-refractivity contribution is 7.08. The van der Waals surface area contributed by atoms with Gasteiger partial charge in [0.15, 0.2) is 0 Å². The molecule has 1 atom stereocenters. The van der Waals surface area contributed by atoms with Gasteiger partial charge in [-0.05, 0) is 5.41 Å². The maximum Gasteiger partial charge on any atom is 0.256 e. The first-order valence-corrected chi connectivity index (χ1v) is 7.25. The molecule has 102 valence electrons. The third kappa shape index (κ3) is 2.96. The van der Waals surface area contributed by atoms with Crippen LogP contribution in [0.3, 0.4) is 0 Å². The molecule has 1 aromatic heterocycles. The molecule has 2 heterocycles. The van der Waals surface area contributed by atoms with Gasteiger partial charge in [-0.15, -0.1) is 0 Å².